The SMILES string of the molecule is C[C@@]1(COc2cccc([N+](=O)[O-])c2CN)CCCN1. The van der Waals surface area contributed by atoms with Crippen molar-refractivity contribution in [2.75, 3.05) is 13.2 Å². The van der Waals surface area contributed by atoms with Crippen molar-refractivity contribution in [1.29, 1.82) is 0 Å². The average molecular weight is 265 g/mol. The number of ether oxygens (including phenoxy) is 1. The number of nitro groups is 1. The second-order valence-corrected chi connectivity index (χ2v) is 5.09. The topological polar surface area (TPSA) is 90.4 Å². The first-order chi connectivity index (χ1) is 9.06. The van der Waals surface area contributed by atoms with Gasteiger partial charge in [0.05, 0.1) is 10.5 Å². The lowest BCUT2D eigenvalue weighted by Crippen LogP contribution is -2.42. The summed E-state index contributed by atoms with van der Waals surface area (Å²) in [6.07, 6.45) is 2.17. The van der Waals surface area contributed by atoms with Crippen LogP contribution in [-0.2, 0) is 6.54 Å². The second-order valence-electron chi connectivity index (χ2n) is 5.09. The Balaban J connectivity index is 2.15. The van der Waals surface area contributed by atoms with Crippen LogP contribution < -0.4 is 15.8 Å². The van der Waals surface area contributed by atoms with Crippen molar-refractivity contribution in [3.8, 4) is 5.75 Å². The molecule has 0 amide bonds. The van der Waals surface area contributed by atoms with Gasteiger partial charge in [0.2, 0.25) is 0 Å². The number of nitrogens with two attached hydrogens (primary N) is 1. The Morgan fingerprint density at radius 3 is 2.95 bits per heavy atom. The highest BCUT2D eigenvalue weighted by atomic mass is 16.6. The minimum atomic E-state index is -0.426. The fraction of sp³-hybridized carbons (Fsp3) is 0.538. The molecule has 6 heteroatoms. The van der Waals surface area contributed by atoms with Gasteiger partial charge in [-0.25, -0.2) is 0 Å². The molecule has 0 aromatic heterocycles. The number of nitrogens with one attached hydrogen (secondary N) is 1. The van der Waals surface area contributed by atoms with Crippen LogP contribution in [0, 0.1) is 10.1 Å². The molecule has 3 N–H and O–H groups in total. The van der Waals surface area contributed by atoms with E-state index in [1.807, 2.05) is 0 Å². The summed E-state index contributed by atoms with van der Waals surface area (Å²) < 4.78 is 5.76. The van der Waals surface area contributed by atoms with E-state index >= 15 is 0 Å². The Hall–Kier alpha value is -1.66. The van der Waals surface area contributed by atoms with E-state index in [4.69, 9.17) is 10.5 Å². The standard InChI is InChI=1S/C13H19N3O3/c1-13(6-3-7-15-13)9-19-12-5-2-4-11(16(17)18)10(12)8-14/h2,4-5,15H,3,6-9,14H2,1H3/t13-/m0/s1. The van der Waals surface area contributed by atoms with Crippen molar-refractivity contribution in [1.82, 2.24) is 5.32 Å². The van der Waals surface area contributed by atoms with Gasteiger partial charge in [0, 0.05) is 18.2 Å². The molecule has 0 spiro atoms. The summed E-state index contributed by atoms with van der Waals surface area (Å²) in [5.74, 6) is 0.506. The summed E-state index contributed by atoms with van der Waals surface area (Å²) in [5.41, 5.74) is 6.02. The van der Waals surface area contributed by atoms with Gasteiger partial charge in [-0.2, -0.15) is 0 Å². The predicted octanol–water partition coefficient (Wildman–Crippen LogP) is 1.57. The van der Waals surface area contributed by atoms with E-state index in [1.165, 1.54) is 6.07 Å². The fourth-order valence-electron chi connectivity index (χ4n) is 2.38. The van der Waals surface area contributed by atoms with Crippen LogP contribution in [0.2, 0.25) is 0 Å². The summed E-state index contributed by atoms with van der Waals surface area (Å²) in [5, 5.41) is 14.3. The number of hydrogen-bond acceptors (Lipinski definition) is 5. The largest absolute Gasteiger partial charge is 0.491 e. The lowest BCUT2D eigenvalue weighted by Gasteiger charge is -2.25. The van der Waals surface area contributed by atoms with Crippen LogP contribution in [0.1, 0.15) is 25.3 Å². The van der Waals surface area contributed by atoms with Gasteiger partial charge in [0.1, 0.15) is 12.4 Å². The molecule has 1 saturated heterocycles. The fourth-order valence-corrected chi connectivity index (χ4v) is 2.38. The van der Waals surface area contributed by atoms with Crippen LogP contribution in [-0.4, -0.2) is 23.6 Å². The Bertz CT molecular complexity index is 470. The Labute approximate surface area is 112 Å². The van der Waals surface area contributed by atoms with Gasteiger partial charge >= 0.3 is 0 Å². The van der Waals surface area contributed by atoms with Crippen molar-refractivity contribution in [2.45, 2.75) is 31.8 Å². The summed E-state index contributed by atoms with van der Waals surface area (Å²) in [7, 11) is 0. The molecule has 2 rings (SSSR count). The molecule has 1 aromatic carbocycles. The molecule has 1 heterocycles. The zero-order valence-corrected chi connectivity index (χ0v) is 11.0. The van der Waals surface area contributed by atoms with Crippen LogP contribution in [0.5, 0.6) is 5.75 Å². The van der Waals surface area contributed by atoms with Gasteiger partial charge in [0.15, 0.2) is 0 Å². The van der Waals surface area contributed by atoms with Gasteiger partial charge in [-0.3, -0.25) is 10.1 Å². The van der Waals surface area contributed by atoms with E-state index in [0.29, 0.717) is 17.9 Å². The van der Waals surface area contributed by atoms with Gasteiger partial charge in [0.25, 0.3) is 5.69 Å². The van der Waals surface area contributed by atoms with Gasteiger partial charge in [-0.05, 0) is 32.4 Å². The summed E-state index contributed by atoms with van der Waals surface area (Å²) >= 11 is 0. The summed E-state index contributed by atoms with van der Waals surface area (Å²) in [6, 6.07) is 4.80. The summed E-state index contributed by atoms with van der Waals surface area (Å²) in [6.45, 7) is 3.66. The highest BCUT2D eigenvalue weighted by Crippen LogP contribution is 2.29. The maximum absolute atomic E-state index is 10.9. The van der Waals surface area contributed by atoms with E-state index in [2.05, 4.69) is 12.2 Å². The third kappa shape index (κ3) is 3.02. The lowest BCUT2D eigenvalue weighted by molar-refractivity contribution is -0.385. The molecule has 1 fully saturated rings. The molecule has 0 aliphatic carbocycles. The Morgan fingerprint density at radius 1 is 1.58 bits per heavy atom. The molecule has 0 saturated carbocycles. The van der Waals surface area contributed by atoms with Crippen molar-refractivity contribution in [3.63, 3.8) is 0 Å². The third-order valence-corrected chi connectivity index (χ3v) is 3.51. The number of nitro benzene ring substituents is 1. The van der Waals surface area contributed by atoms with E-state index in [9.17, 15) is 10.1 Å². The molecule has 0 bridgehead atoms. The zero-order valence-electron chi connectivity index (χ0n) is 11.0. The maximum Gasteiger partial charge on any atom is 0.277 e. The molecule has 104 valence electrons. The molecule has 1 atom stereocenters. The minimum absolute atomic E-state index is 0.0181. The van der Waals surface area contributed by atoms with Crippen molar-refractivity contribution >= 4 is 5.69 Å². The predicted molar refractivity (Wildman–Crippen MR) is 72.1 cm³/mol. The maximum atomic E-state index is 10.9. The lowest BCUT2D eigenvalue weighted by atomic mass is 10.0. The van der Waals surface area contributed by atoms with E-state index in [-0.39, 0.29) is 17.8 Å². The van der Waals surface area contributed by atoms with Crippen molar-refractivity contribution in [3.05, 3.63) is 33.9 Å². The first-order valence-corrected chi connectivity index (χ1v) is 6.40. The average Bonchev–Trinajstić information content (AvgIpc) is 2.83. The minimum Gasteiger partial charge on any atom is -0.491 e. The molecule has 19 heavy (non-hydrogen) atoms. The van der Waals surface area contributed by atoms with E-state index in [0.717, 1.165) is 19.4 Å². The number of benzene rings is 1. The third-order valence-electron chi connectivity index (χ3n) is 3.51. The van der Waals surface area contributed by atoms with E-state index in [1.54, 1.807) is 12.1 Å². The normalized spacial score (nSPS) is 22.4. The van der Waals surface area contributed by atoms with Crippen LogP contribution in [0.4, 0.5) is 5.69 Å². The Morgan fingerprint density at radius 2 is 2.37 bits per heavy atom. The van der Waals surface area contributed by atoms with E-state index < -0.39 is 4.92 Å². The highest BCUT2D eigenvalue weighted by Gasteiger charge is 2.29. The molecule has 0 radical (unpaired) electrons. The molecular formula is C13H19N3O3. The second kappa shape index (κ2) is 5.54. The van der Waals surface area contributed by atoms with Crippen molar-refractivity contribution < 1.29 is 9.66 Å². The number of nitrogens with zero attached hydrogens (tertiary/aromatic N) is 1. The molecule has 6 nitrogen and oxygen atoms in total. The zero-order chi connectivity index (χ0) is 13.9. The number of rotatable bonds is 5. The highest BCUT2D eigenvalue weighted by molar-refractivity contribution is 5.49. The van der Waals surface area contributed by atoms with Crippen LogP contribution in [0.25, 0.3) is 0 Å². The molecule has 1 aromatic rings. The van der Waals surface area contributed by atoms with Crippen LogP contribution >= 0.6 is 0 Å². The number of hydrogen-bond donors (Lipinski definition) is 2. The summed E-state index contributed by atoms with van der Waals surface area (Å²) in [4.78, 5) is 10.5. The molecule has 1 aliphatic heterocycles. The first kappa shape index (κ1) is 13.8. The molecular weight excluding hydrogens is 246 g/mol. The monoisotopic (exact) mass is 265 g/mol. The van der Waals surface area contributed by atoms with Crippen LogP contribution in [0.3, 0.4) is 0 Å². The quantitative estimate of drug-likeness (QED) is 0.623. The smallest absolute Gasteiger partial charge is 0.277 e. The van der Waals surface area contributed by atoms with Crippen LogP contribution in [0.15, 0.2) is 18.2 Å². The molecule has 1 aliphatic rings. The van der Waals surface area contributed by atoms with Gasteiger partial charge in [-0.15, -0.1) is 0 Å². The van der Waals surface area contributed by atoms with Crippen molar-refractivity contribution in [2.24, 2.45) is 5.73 Å². The first-order valence-electron chi connectivity index (χ1n) is 6.40. The molecule has 0 unspecified atom stereocenters. The van der Waals surface area contributed by atoms with Gasteiger partial charge < -0.3 is 15.8 Å². The Kier molecular flexibility index (Phi) is 4.01. The van der Waals surface area contributed by atoms with Gasteiger partial charge in [-0.1, -0.05) is 6.07 Å².